The molecule has 0 bridgehead atoms. The molecule has 3 nitrogen and oxygen atoms in total. The summed E-state index contributed by atoms with van der Waals surface area (Å²) in [6, 6.07) is 5.62. The number of aliphatic hydroxyl groups is 1. The normalized spacial score (nSPS) is 18.1. The second-order valence-electron chi connectivity index (χ2n) is 5.41. The number of aliphatic hydroxyl groups excluding tert-OH is 1. The van der Waals surface area contributed by atoms with Crippen molar-refractivity contribution in [2.75, 3.05) is 6.61 Å². The van der Waals surface area contributed by atoms with E-state index in [-0.39, 0.29) is 12.5 Å². The summed E-state index contributed by atoms with van der Waals surface area (Å²) in [5, 5.41) is 12.7. The molecule has 104 valence electrons. The number of benzene rings is 1. The van der Waals surface area contributed by atoms with Crippen molar-refractivity contribution < 1.29 is 9.90 Å². The van der Waals surface area contributed by atoms with Crippen molar-refractivity contribution in [2.24, 2.45) is 0 Å². The highest BCUT2D eigenvalue weighted by molar-refractivity contribution is 9.10. The van der Waals surface area contributed by atoms with Crippen LogP contribution in [-0.2, 0) is 0 Å². The first-order valence-corrected chi connectivity index (χ1v) is 7.55. The van der Waals surface area contributed by atoms with Crippen LogP contribution in [0.4, 0.5) is 0 Å². The van der Waals surface area contributed by atoms with E-state index in [0.29, 0.717) is 5.56 Å². The molecular weight excluding hydrogens is 306 g/mol. The van der Waals surface area contributed by atoms with E-state index >= 15 is 0 Å². The highest BCUT2D eigenvalue weighted by Gasteiger charge is 2.33. The van der Waals surface area contributed by atoms with E-state index in [1.165, 1.54) is 6.42 Å². The second-order valence-corrected chi connectivity index (χ2v) is 6.33. The predicted octanol–water partition coefficient (Wildman–Crippen LogP) is 3.18. The van der Waals surface area contributed by atoms with Crippen LogP contribution < -0.4 is 5.32 Å². The van der Waals surface area contributed by atoms with Gasteiger partial charge in [0.05, 0.1) is 12.1 Å². The Kier molecular flexibility index (Phi) is 4.63. The first-order valence-electron chi connectivity index (χ1n) is 6.76. The first kappa shape index (κ1) is 14.5. The lowest BCUT2D eigenvalue weighted by molar-refractivity contribution is 0.0758. The predicted molar refractivity (Wildman–Crippen MR) is 79.2 cm³/mol. The molecule has 0 heterocycles. The smallest absolute Gasteiger partial charge is 0.252 e. The van der Waals surface area contributed by atoms with Gasteiger partial charge in [-0.15, -0.1) is 0 Å². The molecule has 1 amide bonds. The maximum absolute atomic E-state index is 12.4. The lowest BCUT2D eigenvalue weighted by Crippen LogP contribution is -2.52. The summed E-state index contributed by atoms with van der Waals surface area (Å²) < 4.78 is 0.969. The van der Waals surface area contributed by atoms with Gasteiger partial charge in [-0.2, -0.15) is 0 Å². The number of amides is 1. The summed E-state index contributed by atoms with van der Waals surface area (Å²) in [6.07, 6.45) is 5.06. The van der Waals surface area contributed by atoms with E-state index in [9.17, 15) is 9.90 Å². The maximum atomic E-state index is 12.4. The zero-order valence-corrected chi connectivity index (χ0v) is 12.8. The van der Waals surface area contributed by atoms with Crippen molar-refractivity contribution in [3.63, 3.8) is 0 Å². The molecule has 0 aromatic heterocycles. The molecule has 0 spiro atoms. The molecule has 0 unspecified atom stereocenters. The second kappa shape index (κ2) is 6.06. The molecule has 0 aliphatic heterocycles. The number of aryl methyl sites for hydroxylation is 1. The van der Waals surface area contributed by atoms with Crippen LogP contribution in [0.5, 0.6) is 0 Å². The van der Waals surface area contributed by atoms with Crippen molar-refractivity contribution in [1.82, 2.24) is 5.32 Å². The molecule has 4 heteroatoms. The lowest BCUT2D eigenvalue weighted by Gasteiger charge is -2.36. The van der Waals surface area contributed by atoms with Gasteiger partial charge in [0.1, 0.15) is 0 Å². The zero-order chi connectivity index (χ0) is 13.9. The Morgan fingerprint density at radius 1 is 1.37 bits per heavy atom. The standard InChI is InChI=1S/C15H20BrNO2/c1-11-9-12(16)5-6-13(11)14(19)17-15(10-18)7-3-2-4-8-15/h5-6,9,18H,2-4,7-8,10H2,1H3,(H,17,19). The highest BCUT2D eigenvalue weighted by atomic mass is 79.9. The fraction of sp³-hybridized carbons (Fsp3) is 0.533. The van der Waals surface area contributed by atoms with Crippen LogP contribution in [0.3, 0.4) is 0 Å². The summed E-state index contributed by atoms with van der Waals surface area (Å²) >= 11 is 3.40. The minimum atomic E-state index is -0.422. The van der Waals surface area contributed by atoms with E-state index in [0.717, 1.165) is 35.7 Å². The number of rotatable bonds is 3. The summed E-state index contributed by atoms with van der Waals surface area (Å²) in [5.74, 6) is -0.0825. The number of carbonyl (C=O) groups is 1. The molecule has 19 heavy (non-hydrogen) atoms. The molecule has 0 atom stereocenters. The van der Waals surface area contributed by atoms with Gasteiger partial charge in [0.15, 0.2) is 0 Å². The van der Waals surface area contributed by atoms with Crippen LogP contribution in [0, 0.1) is 6.92 Å². The average Bonchev–Trinajstić information content (AvgIpc) is 2.39. The molecular formula is C15H20BrNO2. The van der Waals surface area contributed by atoms with Crippen LogP contribution in [0.2, 0.25) is 0 Å². The highest BCUT2D eigenvalue weighted by Crippen LogP contribution is 2.28. The molecule has 1 saturated carbocycles. The van der Waals surface area contributed by atoms with Crippen molar-refractivity contribution in [3.8, 4) is 0 Å². The minimum Gasteiger partial charge on any atom is -0.394 e. The molecule has 1 aliphatic carbocycles. The Labute approximate surface area is 122 Å². The Morgan fingerprint density at radius 3 is 2.63 bits per heavy atom. The van der Waals surface area contributed by atoms with E-state index in [4.69, 9.17) is 0 Å². The fourth-order valence-electron chi connectivity index (χ4n) is 2.74. The SMILES string of the molecule is Cc1cc(Br)ccc1C(=O)NC1(CO)CCCCC1. The Morgan fingerprint density at radius 2 is 2.05 bits per heavy atom. The molecule has 2 N–H and O–H groups in total. The summed E-state index contributed by atoms with van der Waals surface area (Å²) in [7, 11) is 0. The van der Waals surface area contributed by atoms with Gasteiger partial charge in [0.25, 0.3) is 5.91 Å². The number of hydrogen-bond acceptors (Lipinski definition) is 2. The van der Waals surface area contributed by atoms with Gasteiger partial charge in [-0.1, -0.05) is 35.2 Å². The lowest BCUT2D eigenvalue weighted by atomic mass is 9.82. The van der Waals surface area contributed by atoms with Gasteiger partial charge in [-0.05, 0) is 43.5 Å². The Bertz CT molecular complexity index is 467. The van der Waals surface area contributed by atoms with Crippen LogP contribution >= 0.6 is 15.9 Å². The van der Waals surface area contributed by atoms with E-state index in [2.05, 4.69) is 21.2 Å². The molecule has 2 rings (SSSR count). The summed E-state index contributed by atoms with van der Waals surface area (Å²) in [6.45, 7) is 1.94. The van der Waals surface area contributed by atoms with Gasteiger partial charge < -0.3 is 10.4 Å². The molecule has 0 radical (unpaired) electrons. The molecule has 0 saturated heterocycles. The summed E-state index contributed by atoms with van der Waals surface area (Å²) in [5.41, 5.74) is 1.20. The minimum absolute atomic E-state index is 0.0221. The van der Waals surface area contributed by atoms with Crippen molar-refractivity contribution >= 4 is 21.8 Å². The zero-order valence-electron chi connectivity index (χ0n) is 11.2. The number of hydrogen-bond donors (Lipinski definition) is 2. The molecule has 1 fully saturated rings. The number of halogens is 1. The molecule has 1 aliphatic rings. The monoisotopic (exact) mass is 325 g/mol. The van der Waals surface area contributed by atoms with Gasteiger partial charge >= 0.3 is 0 Å². The number of nitrogens with one attached hydrogen (secondary N) is 1. The third kappa shape index (κ3) is 3.37. The Balaban J connectivity index is 2.15. The third-order valence-electron chi connectivity index (χ3n) is 3.93. The largest absolute Gasteiger partial charge is 0.394 e. The van der Waals surface area contributed by atoms with Crippen LogP contribution in [-0.4, -0.2) is 23.2 Å². The van der Waals surface area contributed by atoms with Crippen molar-refractivity contribution in [3.05, 3.63) is 33.8 Å². The van der Waals surface area contributed by atoms with E-state index in [1.807, 2.05) is 25.1 Å². The van der Waals surface area contributed by atoms with Crippen molar-refractivity contribution in [2.45, 2.75) is 44.6 Å². The van der Waals surface area contributed by atoms with Crippen molar-refractivity contribution in [1.29, 1.82) is 0 Å². The topological polar surface area (TPSA) is 49.3 Å². The summed E-state index contributed by atoms with van der Waals surface area (Å²) in [4.78, 5) is 12.4. The van der Waals surface area contributed by atoms with Crippen LogP contribution in [0.1, 0.15) is 48.0 Å². The quantitative estimate of drug-likeness (QED) is 0.896. The van der Waals surface area contributed by atoms with Gasteiger partial charge in [-0.25, -0.2) is 0 Å². The number of carbonyl (C=O) groups excluding carboxylic acids is 1. The van der Waals surface area contributed by atoms with Gasteiger partial charge in [0.2, 0.25) is 0 Å². The van der Waals surface area contributed by atoms with E-state index < -0.39 is 5.54 Å². The first-order chi connectivity index (χ1) is 9.06. The molecule has 1 aromatic carbocycles. The van der Waals surface area contributed by atoms with E-state index in [1.54, 1.807) is 0 Å². The average molecular weight is 326 g/mol. The Hall–Kier alpha value is -0.870. The van der Waals surface area contributed by atoms with Gasteiger partial charge in [0, 0.05) is 10.0 Å². The van der Waals surface area contributed by atoms with Crippen LogP contribution in [0.15, 0.2) is 22.7 Å². The van der Waals surface area contributed by atoms with Crippen LogP contribution in [0.25, 0.3) is 0 Å². The van der Waals surface area contributed by atoms with Gasteiger partial charge in [-0.3, -0.25) is 4.79 Å². The third-order valence-corrected chi connectivity index (χ3v) is 4.42. The maximum Gasteiger partial charge on any atom is 0.252 e. The molecule has 1 aromatic rings. The fourth-order valence-corrected chi connectivity index (χ4v) is 3.22.